The fraction of sp³-hybridized carbons (Fsp3) is 0.909. The maximum absolute atomic E-state index is 11.6. The lowest BCUT2D eigenvalue weighted by Crippen LogP contribution is -2.41. The van der Waals surface area contributed by atoms with Crippen LogP contribution in [0.1, 0.15) is 33.1 Å². The summed E-state index contributed by atoms with van der Waals surface area (Å²) in [5.74, 6) is 1.21. The third-order valence-corrected chi connectivity index (χ3v) is 6.19. The number of rotatable bonds is 6. The van der Waals surface area contributed by atoms with Crippen molar-refractivity contribution in [1.29, 1.82) is 0 Å². The lowest BCUT2D eigenvalue weighted by molar-refractivity contribution is -0.121. The van der Waals surface area contributed by atoms with Crippen molar-refractivity contribution < 1.29 is 13.2 Å². The molecule has 6 heteroatoms. The summed E-state index contributed by atoms with van der Waals surface area (Å²) in [5.41, 5.74) is 0. The molecule has 0 radical (unpaired) electrons. The number of hydrogen-bond donors (Lipinski definition) is 1. The molecule has 4 nitrogen and oxygen atoms in total. The van der Waals surface area contributed by atoms with Gasteiger partial charge in [-0.05, 0) is 12.2 Å². The van der Waals surface area contributed by atoms with Crippen LogP contribution < -0.4 is 5.32 Å². The monoisotopic (exact) mass is 279 g/mol. The summed E-state index contributed by atoms with van der Waals surface area (Å²) >= 11 is 1.68. The van der Waals surface area contributed by atoms with Crippen molar-refractivity contribution >= 4 is 27.5 Å². The van der Waals surface area contributed by atoms with E-state index in [4.69, 9.17) is 0 Å². The Balaban J connectivity index is 2.55. The van der Waals surface area contributed by atoms with Gasteiger partial charge in [0.25, 0.3) is 0 Å². The Morgan fingerprint density at radius 3 is 2.65 bits per heavy atom. The fourth-order valence-corrected chi connectivity index (χ4v) is 5.82. The van der Waals surface area contributed by atoms with Crippen LogP contribution in [0.5, 0.6) is 0 Å². The van der Waals surface area contributed by atoms with Crippen molar-refractivity contribution in [1.82, 2.24) is 5.32 Å². The highest BCUT2D eigenvalue weighted by molar-refractivity contribution is 8.01. The molecule has 0 aromatic carbocycles. The molecule has 0 spiro atoms. The van der Waals surface area contributed by atoms with Gasteiger partial charge >= 0.3 is 0 Å². The van der Waals surface area contributed by atoms with Crippen LogP contribution >= 0.6 is 11.8 Å². The molecule has 0 unspecified atom stereocenters. The van der Waals surface area contributed by atoms with E-state index < -0.39 is 9.84 Å². The lowest BCUT2D eigenvalue weighted by Gasteiger charge is -2.18. The van der Waals surface area contributed by atoms with Crippen LogP contribution in [0.2, 0.25) is 0 Å². The second kappa shape index (κ2) is 6.64. The van der Waals surface area contributed by atoms with Gasteiger partial charge in [-0.25, -0.2) is 8.42 Å². The molecule has 1 amide bonds. The molecule has 17 heavy (non-hydrogen) atoms. The number of thioether (sulfide) groups is 1. The average Bonchev–Trinajstić information content (AvgIpc) is 2.53. The number of unbranched alkanes of at least 4 members (excludes halogenated alkanes) is 1. The molecule has 0 aliphatic carbocycles. The molecule has 1 saturated heterocycles. The quantitative estimate of drug-likeness (QED) is 0.742. The summed E-state index contributed by atoms with van der Waals surface area (Å²) in [5, 5.41) is 2.85. The van der Waals surface area contributed by atoms with Crippen LogP contribution in [0, 0.1) is 0 Å². The van der Waals surface area contributed by atoms with E-state index >= 15 is 0 Å². The van der Waals surface area contributed by atoms with E-state index in [0.717, 1.165) is 18.6 Å². The van der Waals surface area contributed by atoms with Crippen molar-refractivity contribution in [3.05, 3.63) is 0 Å². The van der Waals surface area contributed by atoms with E-state index in [2.05, 4.69) is 12.2 Å². The summed E-state index contributed by atoms with van der Waals surface area (Å²) in [7, 11) is -2.97. The standard InChI is InChI=1S/C11H21NO3S2/c1-3-5-6-16-10-8-17(14,15)7-9(10)12-11(13)4-2/h9-10H,3-8H2,1-2H3,(H,12,13)/t9-,10-/m1/s1. The zero-order chi connectivity index (χ0) is 12.9. The maximum Gasteiger partial charge on any atom is 0.219 e. The fourth-order valence-electron chi connectivity index (χ4n) is 1.80. The Bertz CT molecular complexity index is 354. The third kappa shape index (κ3) is 4.87. The molecule has 1 rings (SSSR count). The molecule has 1 fully saturated rings. The van der Waals surface area contributed by atoms with Crippen LogP contribution in [-0.2, 0) is 14.6 Å². The largest absolute Gasteiger partial charge is 0.351 e. The van der Waals surface area contributed by atoms with Crippen molar-refractivity contribution in [3.8, 4) is 0 Å². The topological polar surface area (TPSA) is 63.2 Å². The smallest absolute Gasteiger partial charge is 0.219 e. The van der Waals surface area contributed by atoms with Crippen molar-refractivity contribution in [3.63, 3.8) is 0 Å². The van der Waals surface area contributed by atoms with Crippen LogP contribution in [0.25, 0.3) is 0 Å². The highest BCUT2D eigenvalue weighted by atomic mass is 32.2. The predicted molar refractivity (Wildman–Crippen MR) is 72.0 cm³/mol. The highest BCUT2D eigenvalue weighted by Gasteiger charge is 2.38. The van der Waals surface area contributed by atoms with Crippen molar-refractivity contribution in [2.45, 2.75) is 44.4 Å². The minimum absolute atomic E-state index is 0.0297. The number of hydrogen-bond acceptors (Lipinski definition) is 4. The van der Waals surface area contributed by atoms with Crippen LogP contribution in [0.4, 0.5) is 0 Å². The van der Waals surface area contributed by atoms with E-state index in [1.807, 2.05) is 0 Å². The van der Waals surface area contributed by atoms with Crippen molar-refractivity contribution in [2.75, 3.05) is 17.3 Å². The van der Waals surface area contributed by atoms with E-state index in [0.29, 0.717) is 6.42 Å². The first-order chi connectivity index (χ1) is 7.98. The lowest BCUT2D eigenvalue weighted by atomic mass is 10.2. The normalized spacial score (nSPS) is 26.9. The first-order valence-corrected chi connectivity index (χ1v) is 8.97. The molecule has 0 aromatic rings. The number of amides is 1. The highest BCUT2D eigenvalue weighted by Crippen LogP contribution is 2.25. The Morgan fingerprint density at radius 1 is 1.35 bits per heavy atom. The minimum Gasteiger partial charge on any atom is -0.351 e. The summed E-state index contributed by atoms with van der Waals surface area (Å²) in [4.78, 5) is 11.3. The number of nitrogens with one attached hydrogen (secondary N) is 1. The van der Waals surface area contributed by atoms with Gasteiger partial charge < -0.3 is 5.32 Å². The second-order valence-electron chi connectivity index (χ2n) is 4.37. The SMILES string of the molecule is CCCCS[C@@H]1CS(=O)(=O)C[C@H]1NC(=O)CC. The summed E-state index contributed by atoms with van der Waals surface area (Å²) in [6.45, 7) is 3.89. The van der Waals surface area contributed by atoms with Crippen LogP contribution in [0.15, 0.2) is 0 Å². The molecule has 1 N–H and O–H groups in total. The molecule has 1 aliphatic heterocycles. The van der Waals surface area contributed by atoms with Crippen molar-refractivity contribution in [2.24, 2.45) is 0 Å². The summed E-state index contributed by atoms with van der Waals surface area (Å²) in [6, 6.07) is -0.200. The van der Waals surface area contributed by atoms with Gasteiger partial charge in [-0.3, -0.25) is 4.79 Å². The van der Waals surface area contributed by atoms with E-state index in [9.17, 15) is 13.2 Å². The molecular weight excluding hydrogens is 258 g/mol. The van der Waals surface area contributed by atoms with E-state index in [-0.39, 0.29) is 28.7 Å². The second-order valence-corrected chi connectivity index (χ2v) is 7.87. The average molecular weight is 279 g/mol. The van der Waals surface area contributed by atoms with Gasteiger partial charge in [0.2, 0.25) is 5.91 Å². The first kappa shape index (κ1) is 14.8. The molecular formula is C11H21NO3S2. The molecule has 100 valence electrons. The molecule has 0 saturated carbocycles. The Kier molecular flexibility index (Phi) is 5.79. The number of carbonyl (C=O) groups excluding carboxylic acids is 1. The summed E-state index contributed by atoms with van der Waals surface area (Å²) in [6.07, 6.45) is 2.61. The van der Waals surface area contributed by atoms with Gasteiger partial charge in [-0.15, -0.1) is 0 Å². The molecule has 0 bridgehead atoms. The predicted octanol–water partition coefficient (Wildman–Crippen LogP) is 1.21. The molecule has 0 aromatic heterocycles. The molecule has 1 aliphatic rings. The van der Waals surface area contributed by atoms with Gasteiger partial charge in [0.1, 0.15) is 0 Å². The third-order valence-electron chi connectivity index (χ3n) is 2.80. The molecule has 1 heterocycles. The Hall–Kier alpha value is -0.230. The summed E-state index contributed by atoms with van der Waals surface area (Å²) < 4.78 is 23.2. The van der Waals surface area contributed by atoms with Gasteiger partial charge in [-0.2, -0.15) is 11.8 Å². The van der Waals surface area contributed by atoms with Gasteiger partial charge in [-0.1, -0.05) is 20.3 Å². The Labute approximate surface area is 108 Å². The first-order valence-electron chi connectivity index (χ1n) is 6.10. The van der Waals surface area contributed by atoms with Gasteiger partial charge in [0, 0.05) is 11.7 Å². The maximum atomic E-state index is 11.6. The number of carbonyl (C=O) groups is 1. The van der Waals surface area contributed by atoms with Gasteiger partial charge in [0.05, 0.1) is 17.5 Å². The van der Waals surface area contributed by atoms with Gasteiger partial charge in [0.15, 0.2) is 9.84 Å². The molecule has 2 atom stereocenters. The zero-order valence-electron chi connectivity index (χ0n) is 10.4. The van der Waals surface area contributed by atoms with E-state index in [1.54, 1.807) is 18.7 Å². The van der Waals surface area contributed by atoms with Crippen LogP contribution in [-0.4, -0.2) is 42.9 Å². The van der Waals surface area contributed by atoms with Crippen LogP contribution in [0.3, 0.4) is 0 Å². The number of sulfone groups is 1. The van der Waals surface area contributed by atoms with E-state index in [1.165, 1.54) is 0 Å². The Morgan fingerprint density at radius 2 is 2.06 bits per heavy atom. The minimum atomic E-state index is -2.97. The zero-order valence-corrected chi connectivity index (χ0v) is 12.1.